The fourth-order valence-electron chi connectivity index (χ4n) is 3.15. The molecule has 2 atom stereocenters. The zero-order chi connectivity index (χ0) is 17.7. The highest BCUT2D eigenvalue weighted by Gasteiger charge is 2.25. The molecule has 1 amide bonds. The zero-order valence-corrected chi connectivity index (χ0v) is 15.5. The fourth-order valence-corrected chi connectivity index (χ4v) is 4.07. The van der Waals surface area contributed by atoms with Crippen molar-refractivity contribution in [1.29, 1.82) is 0 Å². The van der Waals surface area contributed by atoms with Crippen molar-refractivity contribution in [3.63, 3.8) is 0 Å². The highest BCUT2D eigenvalue weighted by Crippen LogP contribution is 2.30. The Balaban J connectivity index is 2.13. The molecule has 1 aliphatic heterocycles. The summed E-state index contributed by atoms with van der Waals surface area (Å²) < 4.78 is 0. The lowest BCUT2D eigenvalue weighted by Gasteiger charge is -2.23. The molecule has 0 aromatic heterocycles. The fraction of sp³-hybridized carbons (Fsp3) is 0.579. The summed E-state index contributed by atoms with van der Waals surface area (Å²) in [5.74, 6) is 0.496. The summed E-state index contributed by atoms with van der Waals surface area (Å²) in [5, 5.41) is 8.55. The average molecular weight is 349 g/mol. The van der Waals surface area contributed by atoms with Crippen LogP contribution in [-0.2, 0) is 4.79 Å². The molecule has 132 valence electrons. The number of carboxylic acid groups (broad SMARTS) is 1. The first kappa shape index (κ1) is 18.8. The lowest BCUT2D eigenvalue weighted by Crippen LogP contribution is -2.32. The first-order chi connectivity index (χ1) is 11.4. The van der Waals surface area contributed by atoms with Gasteiger partial charge in [-0.2, -0.15) is 0 Å². The Morgan fingerprint density at radius 1 is 1.17 bits per heavy atom. The summed E-state index contributed by atoms with van der Waals surface area (Å²) in [6.07, 6.45) is 3.26. The molecule has 1 aromatic carbocycles. The van der Waals surface area contributed by atoms with Crippen molar-refractivity contribution >= 4 is 23.6 Å². The van der Waals surface area contributed by atoms with Crippen molar-refractivity contribution in [3.05, 3.63) is 29.8 Å². The second-order valence-electron chi connectivity index (χ2n) is 6.82. The Morgan fingerprint density at radius 2 is 1.88 bits per heavy atom. The highest BCUT2D eigenvalue weighted by molar-refractivity contribution is 8.00. The SMILES string of the molecule is CC(Sc1ccccc1C(=O)N1CCCC(C(C)C)CC1)C(=O)O. The normalized spacial score (nSPS) is 19.8. The molecule has 0 aliphatic carbocycles. The number of thioether (sulfide) groups is 1. The Bertz CT molecular complexity index is 588. The molecule has 0 spiro atoms. The van der Waals surface area contributed by atoms with E-state index in [-0.39, 0.29) is 5.91 Å². The summed E-state index contributed by atoms with van der Waals surface area (Å²) in [6.45, 7) is 7.72. The predicted octanol–water partition coefficient (Wildman–Crippen LogP) is 4.15. The number of hydrogen-bond acceptors (Lipinski definition) is 3. The van der Waals surface area contributed by atoms with E-state index in [0.717, 1.165) is 30.8 Å². The number of amides is 1. The van der Waals surface area contributed by atoms with Crippen LogP contribution in [0.15, 0.2) is 29.2 Å². The number of benzene rings is 1. The maximum Gasteiger partial charge on any atom is 0.316 e. The minimum atomic E-state index is -0.864. The first-order valence-electron chi connectivity index (χ1n) is 8.68. The van der Waals surface area contributed by atoms with Gasteiger partial charge in [-0.3, -0.25) is 9.59 Å². The topological polar surface area (TPSA) is 57.6 Å². The van der Waals surface area contributed by atoms with Crippen LogP contribution in [0.1, 0.15) is 50.4 Å². The van der Waals surface area contributed by atoms with Gasteiger partial charge in [-0.25, -0.2) is 0 Å². The standard InChI is InChI=1S/C19H27NO3S/c1-13(2)15-7-6-11-20(12-10-15)18(21)16-8-4-5-9-17(16)24-14(3)19(22)23/h4-5,8-9,13-15H,6-7,10-12H2,1-3H3,(H,22,23). The molecular formula is C19H27NO3S. The molecule has 1 aromatic rings. The Kier molecular flexibility index (Phi) is 6.72. The second kappa shape index (κ2) is 8.56. The van der Waals surface area contributed by atoms with E-state index in [9.17, 15) is 9.59 Å². The molecule has 0 bridgehead atoms. The van der Waals surface area contributed by atoms with Crippen LogP contribution < -0.4 is 0 Å². The molecule has 2 unspecified atom stereocenters. The maximum absolute atomic E-state index is 13.0. The van der Waals surface area contributed by atoms with Gasteiger partial charge in [-0.05, 0) is 50.2 Å². The van der Waals surface area contributed by atoms with E-state index in [0.29, 0.717) is 17.4 Å². The van der Waals surface area contributed by atoms with Gasteiger partial charge in [-0.15, -0.1) is 11.8 Å². The Labute approximate surface area is 148 Å². The molecule has 1 saturated heterocycles. The van der Waals surface area contributed by atoms with Crippen molar-refractivity contribution in [2.45, 2.75) is 50.2 Å². The van der Waals surface area contributed by atoms with Gasteiger partial charge in [0.05, 0.1) is 5.56 Å². The molecule has 1 aliphatic rings. The van der Waals surface area contributed by atoms with Crippen LogP contribution in [0.4, 0.5) is 0 Å². The van der Waals surface area contributed by atoms with E-state index >= 15 is 0 Å². The number of likely N-dealkylation sites (tertiary alicyclic amines) is 1. The molecule has 1 N–H and O–H groups in total. The summed E-state index contributed by atoms with van der Waals surface area (Å²) in [5.41, 5.74) is 0.624. The third kappa shape index (κ3) is 4.76. The summed E-state index contributed by atoms with van der Waals surface area (Å²) >= 11 is 1.23. The number of carbonyl (C=O) groups is 2. The van der Waals surface area contributed by atoms with Crippen molar-refractivity contribution in [2.75, 3.05) is 13.1 Å². The van der Waals surface area contributed by atoms with Crippen LogP contribution in [0.2, 0.25) is 0 Å². The van der Waals surface area contributed by atoms with Gasteiger partial charge in [0.25, 0.3) is 5.91 Å². The molecule has 0 saturated carbocycles. The van der Waals surface area contributed by atoms with Crippen LogP contribution in [0.5, 0.6) is 0 Å². The third-order valence-corrected chi connectivity index (χ3v) is 5.94. The smallest absolute Gasteiger partial charge is 0.316 e. The largest absolute Gasteiger partial charge is 0.480 e. The molecule has 0 radical (unpaired) electrons. The zero-order valence-electron chi connectivity index (χ0n) is 14.7. The maximum atomic E-state index is 13.0. The number of carbonyl (C=O) groups excluding carboxylic acids is 1. The summed E-state index contributed by atoms with van der Waals surface area (Å²) in [4.78, 5) is 26.8. The van der Waals surface area contributed by atoms with E-state index in [2.05, 4.69) is 13.8 Å². The van der Waals surface area contributed by atoms with Crippen LogP contribution in [0.3, 0.4) is 0 Å². The van der Waals surface area contributed by atoms with Gasteiger partial charge in [0, 0.05) is 18.0 Å². The number of aliphatic carboxylic acids is 1. The first-order valence-corrected chi connectivity index (χ1v) is 9.56. The van der Waals surface area contributed by atoms with Gasteiger partial charge >= 0.3 is 5.97 Å². The highest BCUT2D eigenvalue weighted by atomic mass is 32.2. The monoisotopic (exact) mass is 349 g/mol. The lowest BCUT2D eigenvalue weighted by atomic mass is 9.89. The van der Waals surface area contributed by atoms with Crippen LogP contribution in [0, 0.1) is 11.8 Å². The van der Waals surface area contributed by atoms with E-state index in [1.807, 2.05) is 29.2 Å². The number of rotatable bonds is 5. The van der Waals surface area contributed by atoms with E-state index in [1.54, 1.807) is 6.92 Å². The molecule has 2 rings (SSSR count). The van der Waals surface area contributed by atoms with Crippen molar-refractivity contribution in [1.82, 2.24) is 4.90 Å². The third-order valence-electron chi connectivity index (χ3n) is 4.77. The Morgan fingerprint density at radius 3 is 2.54 bits per heavy atom. The van der Waals surface area contributed by atoms with Crippen LogP contribution in [-0.4, -0.2) is 40.2 Å². The second-order valence-corrected chi connectivity index (χ2v) is 8.20. The van der Waals surface area contributed by atoms with Gasteiger partial charge in [0.1, 0.15) is 5.25 Å². The van der Waals surface area contributed by atoms with Crippen LogP contribution in [0.25, 0.3) is 0 Å². The average Bonchev–Trinajstić information content (AvgIpc) is 2.80. The van der Waals surface area contributed by atoms with Gasteiger partial charge in [-0.1, -0.05) is 26.0 Å². The lowest BCUT2D eigenvalue weighted by molar-refractivity contribution is -0.136. The summed E-state index contributed by atoms with van der Waals surface area (Å²) in [6, 6.07) is 7.35. The molecule has 1 heterocycles. The van der Waals surface area contributed by atoms with Crippen molar-refractivity contribution in [3.8, 4) is 0 Å². The van der Waals surface area contributed by atoms with Gasteiger partial charge < -0.3 is 10.0 Å². The number of nitrogens with zero attached hydrogens (tertiary/aromatic N) is 1. The minimum absolute atomic E-state index is 0.0279. The molecule has 5 heteroatoms. The van der Waals surface area contributed by atoms with Crippen molar-refractivity contribution in [2.24, 2.45) is 11.8 Å². The quantitative estimate of drug-likeness (QED) is 0.811. The molecule has 1 fully saturated rings. The van der Waals surface area contributed by atoms with E-state index in [4.69, 9.17) is 5.11 Å². The molecular weight excluding hydrogens is 322 g/mol. The van der Waals surface area contributed by atoms with Gasteiger partial charge in [0.2, 0.25) is 0 Å². The summed E-state index contributed by atoms with van der Waals surface area (Å²) in [7, 11) is 0. The van der Waals surface area contributed by atoms with Crippen molar-refractivity contribution < 1.29 is 14.7 Å². The minimum Gasteiger partial charge on any atom is -0.480 e. The Hall–Kier alpha value is -1.49. The van der Waals surface area contributed by atoms with Gasteiger partial charge in [0.15, 0.2) is 0 Å². The molecule has 24 heavy (non-hydrogen) atoms. The van der Waals surface area contributed by atoms with E-state index < -0.39 is 11.2 Å². The molecule has 4 nitrogen and oxygen atoms in total. The number of hydrogen-bond donors (Lipinski definition) is 1. The number of carboxylic acids is 1. The van der Waals surface area contributed by atoms with E-state index in [1.165, 1.54) is 18.2 Å². The van der Waals surface area contributed by atoms with Crippen LogP contribution >= 0.6 is 11.8 Å². The predicted molar refractivity (Wildman–Crippen MR) is 97.5 cm³/mol.